The normalized spacial score (nSPS) is 11.2. The molecule has 0 bridgehead atoms. The van der Waals surface area contributed by atoms with Gasteiger partial charge >= 0.3 is 0 Å². The van der Waals surface area contributed by atoms with Gasteiger partial charge < -0.3 is 19.8 Å². The summed E-state index contributed by atoms with van der Waals surface area (Å²) < 4.78 is 12.4. The first-order valence-electron chi connectivity index (χ1n) is 9.18. The summed E-state index contributed by atoms with van der Waals surface area (Å²) >= 11 is 0. The molecule has 1 aromatic carbocycles. The summed E-state index contributed by atoms with van der Waals surface area (Å²) in [6.45, 7) is 4.63. The standard InChI is InChI=1S/C20H22N6O2/c1-2-27-12-10-25(14-15-7-4-3-5-8-15)18-13-17(21)26-20(22-18)23-19(24-26)16-9-6-11-28-16/h3-9,11,13H,2,10,12,14,21H2,1H3. The number of furan rings is 1. The number of hydrogen-bond acceptors (Lipinski definition) is 7. The molecule has 0 radical (unpaired) electrons. The molecule has 0 aliphatic carbocycles. The zero-order valence-electron chi connectivity index (χ0n) is 15.7. The van der Waals surface area contributed by atoms with Crippen LogP contribution in [0.2, 0.25) is 0 Å². The zero-order valence-corrected chi connectivity index (χ0v) is 15.7. The van der Waals surface area contributed by atoms with Crippen LogP contribution in [0.15, 0.2) is 59.2 Å². The van der Waals surface area contributed by atoms with Crippen LogP contribution < -0.4 is 10.6 Å². The predicted molar refractivity (Wildman–Crippen MR) is 107 cm³/mol. The number of fused-ring (bicyclic) bond motifs is 1. The Labute approximate surface area is 162 Å². The van der Waals surface area contributed by atoms with Crippen LogP contribution in [0, 0.1) is 0 Å². The maximum Gasteiger partial charge on any atom is 0.256 e. The van der Waals surface area contributed by atoms with Crippen LogP contribution >= 0.6 is 0 Å². The van der Waals surface area contributed by atoms with E-state index in [0.29, 0.717) is 49.5 Å². The smallest absolute Gasteiger partial charge is 0.256 e. The Hall–Kier alpha value is -3.39. The molecule has 28 heavy (non-hydrogen) atoms. The largest absolute Gasteiger partial charge is 0.461 e. The van der Waals surface area contributed by atoms with Gasteiger partial charge in [-0.2, -0.15) is 14.5 Å². The van der Waals surface area contributed by atoms with Gasteiger partial charge in [0.1, 0.15) is 11.6 Å². The van der Waals surface area contributed by atoms with Crippen molar-refractivity contribution in [2.75, 3.05) is 30.4 Å². The zero-order chi connectivity index (χ0) is 19.3. The molecule has 2 N–H and O–H groups in total. The van der Waals surface area contributed by atoms with Crippen LogP contribution in [0.5, 0.6) is 0 Å². The van der Waals surface area contributed by atoms with Crippen molar-refractivity contribution in [2.24, 2.45) is 0 Å². The van der Waals surface area contributed by atoms with E-state index in [1.807, 2.05) is 31.2 Å². The molecule has 4 rings (SSSR count). The third kappa shape index (κ3) is 3.81. The topological polar surface area (TPSA) is 94.7 Å². The third-order valence-electron chi connectivity index (χ3n) is 4.32. The van der Waals surface area contributed by atoms with Gasteiger partial charge in [-0.25, -0.2) is 0 Å². The number of aromatic nitrogens is 4. The quantitative estimate of drug-likeness (QED) is 0.471. The highest BCUT2D eigenvalue weighted by Gasteiger charge is 2.16. The van der Waals surface area contributed by atoms with Crippen LogP contribution in [0.3, 0.4) is 0 Å². The van der Waals surface area contributed by atoms with Crippen LogP contribution in [-0.2, 0) is 11.3 Å². The van der Waals surface area contributed by atoms with Crippen molar-refractivity contribution in [2.45, 2.75) is 13.5 Å². The van der Waals surface area contributed by atoms with E-state index in [2.05, 4.69) is 32.1 Å². The van der Waals surface area contributed by atoms with Gasteiger partial charge in [0.2, 0.25) is 5.82 Å². The Morgan fingerprint density at radius 2 is 2.00 bits per heavy atom. The summed E-state index contributed by atoms with van der Waals surface area (Å²) in [6, 6.07) is 15.6. The highest BCUT2D eigenvalue weighted by atomic mass is 16.5. The lowest BCUT2D eigenvalue weighted by Gasteiger charge is -2.24. The van der Waals surface area contributed by atoms with Crippen LogP contribution in [0.4, 0.5) is 11.6 Å². The van der Waals surface area contributed by atoms with Crippen molar-refractivity contribution in [3.63, 3.8) is 0 Å². The third-order valence-corrected chi connectivity index (χ3v) is 4.32. The average molecular weight is 378 g/mol. The van der Waals surface area contributed by atoms with Gasteiger partial charge in [0.25, 0.3) is 5.78 Å². The van der Waals surface area contributed by atoms with E-state index in [4.69, 9.17) is 14.9 Å². The molecular weight excluding hydrogens is 356 g/mol. The number of nitrogens with two attached hydrogens (primary N) is 1. The molecule has 0 atom stereocenters. The highest BCUT2D eigenvalue weighted by molar-refractivity contribution is 5.57. The lowest BCUT2D eigenvalue weighted by Crippen LogP contribution is -2.28. The summed E-state index contributed by atoms with van der Waals surface area (Å²) in [4.78, 5) is 11.3. The minimum Gasteiger partial charge on any atom is -0.461 e. The fraction of sp³-hybridized carbons (Fsp3) is 0.250. The molecular formula is C20H22N6O2. The number of ether oxygens (including phenoxy) is 1. The summed E-state index contributed by atoms with van der Waals surface area (Å²) in [7, 11) is 0. The van der Waals surface area contributed by atoms with Gasteiger partial charge in [0, 0.05) is 25.8 Å². The molecule has 0 saturated carbocycles. The summed E-state index contributed by atoms with van der Waals surface area (Å²) in [5, 5.41) is 4.40. The molecule has 0 aliphatic heterocycles. The van der Waals surface area contributed by atoms with E-state index in [0.717, 1.165) is 5.82 Å². The number of hydrogen-bond donors (Lipinski definition) is 1. The minimum absolute atomic E-state index is 0.427. The molecule has 3 heterocycles. The first kappa shape index (κ1) is 18.0. The lowest BCUT2D eigenvalue weighted by atomic mass is 10.2. The van der Waals surface area contributed by atoms with E-state index in [1.165, 1.54) is 10.1 Å². The Balaban J connectivity index is 1.68. The summed E-state index contributed by atoms with van der Waals surface area (Å²) in [5.74, 6) is 2.64. The number of benzene rings is 1. The Kier molecular flexibility index (Phi) is 5.20. The maximum absolute atomic E-state index is 6.24. The molecule has 3 aromatic heterocycles. The maximum atomic E-state index is 6.24. The second-order valence-electron chi connectivity index (χ2n) is 6.27. The van der Waals surface area contributed by atoms with Crippen molar-refractivity contribution < 1.29 is 9.15 Å². The highest BCUT2D eigenvalue weighted by Crippen LogP contribution is 2.22. The molecule has 0 saturated heterocycles. The van der Waals surface area contributed by atoms with Crippen molar-refractivity contribution in [3.05, 3.63) is 60.4 Å². The fourth-order valence-electron chi connectivity index (χ4n) is 2.95. The molecule has 4 aromatic rings. The van der Waals surface area contributed by atoms with E-state index in [-0.39, 0.29) is 0 Å². The van der Waals surface area contributed by atoms with E-state index >= 15 is 0 Å². The first-order chi connectivity index (χ1) is 13.7. The number of nitrogens with zero attached hydrogens (tertiary/aromatic N) is 5. The fourth-order valence-corrected chi connectivity index (χ4v) is 2.95. The second kappa shape index (κ2) is 8.10. The summed E-state index contributed by atoms with van der Waals surface area (Å²) in [5.41, 5.74) is 7.42. The van der Waals surface area contributed by atoms with Gasteiger partial charge in [-0.05, 0) is 24.6 Å². The molecule has 0 unspecified atom stereocenters. The van der Waals surface area contributed by atoms with Gasteiger partial charge in [0.15, 0.2) is 5.76 Å². The molecule has 0 aliphatic rings. The molecule has 0 spiro atoms. The van der Waals surface area contributed by atoms with E-state index in [9.17, 15) is 0 Å². The molecule has 0 amide bonds. The Morgan fingerprint density at radius 1 is 1.14 bits per heavy atom. The minimum atomic E-state index is 0.427. The van der Waals surface area contributed by atoms with Gasteiger partial charge in [0.05, 0.1) is 12.9 Å². The van der Waals surface area contributed by atoms with Crippen molar-refractivity contribution >= 4 is 17.4 Å². The average Bonchev–Trinajstić information content (AvgIpc) is 3.38. The van der Waals surface area contributed by atoms with E-state index < -0.39 is 0 Å². The SMILES string of the molecule is CCOCCN(Cc1ccccc1)c1cc(N)n2nc(-c3ccco3)nc2n1. The van der Waals surface area contributed by atoms with Gasteiger partial charge in [-0.3, -0.25) is 0 Å². The van der Waals surface area contributed by atoms with Crippen LogP contribution in [0.1, 0.15) is 12.5 Å². The van der Waals surface area contributed by atoms with Crippen LogP contribution in [-0.4, -0.2) is 39.3 Å². The van der Waals surface area contributed by atoms with Crippen molar-refractivity contribution in [1.29, 1.82) is 0 Å². The number of anilines is 2. The lowest BCUT2D eigenvalue weighted by molar-refractivity contribution is 0.153. The Bertz CT molecular complexity index is 1030. The van der Waals surface area contributed by atoms with Crippen molar-refractivity contribution in [3.8, 4) is 11.6 Å². The van der Waals surface area contributed by atoms with Crippen LogP contribution in [0.25, 0.3) is 17.4 Å². The molecule has 8 heteroatoms. The first-order valence-corrected chi connectivity index (χ1v) is 9.18. The molecule has 8 nitrogen and oxygen atoms in total. The summed E-state index contributed by atoms with van der Waals surface area (Å²) in [6.07, 6.45) is 1.58. The molecule has 144 valence electrons. The number of nitrogen functional groups attached to an aromatic ring is 1. The van der Waals surface area contributed by atoms with E-state index in [1.54, 1.807) is 18.4 Å². The molecule has 0 fully saturated rings. The van der Waals surface area contributed by atoms with Gasteiger partial charge in [-0.15, -0.1) is 5.10 Å². The second-order valence-corrected chi connectivity index (χ2v) is 6.27. The number of rotatable bonds is 8. The van der Waals surface area contributed by atoms with Gasteiger partial charge in [-0.1, -0.05) is 30.3 Å². The monoisotopic (exact) mass is 378 g/mol. The Morgan fingerprint density at radius 3 is 2.75 bits per heavy atom. The van der Waals surface area contributed by atoms with Crippen molar-refractivity contribution in [1.82, 2.24) is 19.6 Å². The predicted octanol–water partition coefficient (Wildman–Crippen LogP) is 3.01.